The zero-order chi connectivity index (χ0) is 22.1. The van der Waals surface area contributed by atoms with Gasteiger partial charge in [-0.1, -0.05) is 0 Å². The second kappa shape index (κ2) is 8.46. The van der Waals surface area contributed by atoms with Gasteiger partial charge < -0.3 is 24.0 Å². The molecule has 0 aliphatic carbocycles. The van der Waals surface area contributed by atoms with Crippen LogP contribution in [0.1, 0.15) is 22.5 Å². The molecule has 0 unspecified atom stereocenters. The molecule has 2 heterocycles. The number of ether oxygens (including phenoxy) is 2. The molecule has 3 rings (SSSR count). The highest BCUT2D eigenvalue weighted by molar-refractivity contribution is 5.86. The van der Waals surface area contributed by atoms with Crippen molar-refractivity contribution in [2.45, 2.75) is 31.4 Å². The summed E-state index contributed by atoms with van der Waals surface area (Å²) in [5.41, 5.74) is -0.911. The van der Waals surface area contributed by atoms with Crippen molar-refractivity contribution in [1.82, 2.24) is 9.55 Å². The molecule has 164 valence electrons. The fraction of sp³-hybridized carbons (Fsp3) is 0.444. The summed E-state index contributed by atoms with van der Waals surface area (Å²) < 4.78 is 74.5. The Bertz CT molecular complexity index is 885. The van der Waals surface area contributed by atoms with Crippen LogP contribution in [0.25, 0.3) is 0 Å². The number of aromatic nitrogens is 2. The Hall–Kier alpha value is -2.89. The van der Waals surface area contributed by atoms with Crippen molar-refractivity contribution in [3.8, 4) is 5.75 Å². The fourth-order valence-electron chi connectivity index (χ4n) is 3.33. The fourth-order valence-corrected chi connectivity index (χ4v) is 3.33. The molecule has 30 heavy (non-hydrogen) atoms. The number of carbonyl (C=O) groups is 1. The quantitative estimate of drug-likeness (QED) is 0.672. The number of aromatic carboxylic acids is 1. The Morgan fingerprint density at radius 3 is 2.50 bits per heavy atom. The summed E-state index contributed by atoms with van der Waals surface area (Å²) in [6.07, 6.45) is -3.66. The summed E-state index contributed by atoms with van der Waals surface area (Å²) >= 11 is 0. The number of anilines is 1. The number of alkyl halides is 5. The third kappa shape index (κ3) is 4.81. The monoisotopic (exact) mass is 435 g/mol. The van der Waals surface area contributed by atoms with Gasteiger partial charge in [-0.05, 0) is 24.3 Å². The number of halogens is 5. The lowest BCUT2D eigenvalue weighted by Crippen LogP contribution is -2.36. The molecule has 1 aliphatic heterocycles. The van der Waals surface area contributed by atoms with Crippen LogP contribution in [0.4, 0.5) is 27.9 Å². The number of hydrogen-bond acceptors (Lipinski definition) is 5. The summed E-state index contributed by atoms with van der Waals surface area (Å²) in [5, 5.41) is 9.18. The first-order valence-corrected chi connectivity index (χ1v) is 8.81. The lowest BCUT2D eigenvalue weighted by atomic mass is 10.2. The van der Waals surface area contributed by atoms with Gasteiger partial charge in [-0.25, -0.2) is 9.78 Å². The van der Waals surface area contributed by atoms with Crippen molar-refractivity contribution in [2.75, 3.05) is 18.1 Å². The molecule has 2 aromatic rings. The molecule has 1 saturated heterocycles. The van der Waals surface area contributed by atoms with Crippen molar-refractivity contribution >= 4 is 11.9 Å². The molecule has 1 fully saturated rings. The number of carboxylic acid groups (broad SMARTS) is 1. The van der Waals surface area contributed by atoms with Crippen LogP contribution in [0.5, 0.6) is 5.75 Å². The Morgan fingerprint density at radius 2 is 1.97 bits per heavy atom. The molecule has 0 radical (unpaired) electrons. The third-order valence-electron chi connectivity index (χ3n) is 4.71. The van der Waals surface area contributed by atoms with E-state index in [4.69, 9.17) is 4.74 Å². The van der Waals surface area contributed by atoms with Crippen LogP contribution < -0.4 is 9.64 Å². The van der Waals surface area contributed by atoms with E-state index in [9.17, 15) is 31.9 Å². The third-order valence-corrected chi connectivity index (χ3v) is 4.71. The number of carboxylic acids is 1. The van der Waals surface area contributed by atoms with Crippen LogP contribution in [0.2, 0.25) is 0 Å². The Labute approximate surface area is 167 Å². The van der Waals surface area contributed by atoms with Crippen LogP contribution in [0.15, 0.2) is 30.5 Å². The topological polar surface area (TPSA) is 76.8 Å². The van der Waals surface area contributed by atoms with E-state index < -0.39 is 36.5 Å². The zero-order valence-corrected chi connectivity index (χ0v) is 15.6. The zero-order valence-electron chi connectivity index (χ0n) is 15.6. The molecular formula is C18H18F5N3O4. The summed E-state index contributed by atoms with van der Waals surface area (Å²) in [5.74, 6) is -0.781. The van der Waals surface area contributed by atoms with E-state index in [1.807, 2.05) is 0 Å². The second-order valence-corrected chi connectivity index (χ2v) is 6.71. The van der Waals surface area contributed by atoms with E-state index in [0.29, 0.717) is 0 Å². The molecule has 0 spiro atoms. The molecule has 1 aromatic heterocycles. The van der Waals surface area contributed by atoms with Crippen LogP contribution in [-0.4, -0.2) is 52.5 Å². The van der Waals surface area contributed by atoms with Gasteiger partial charge in [0, 0.05) is 13.5 Å². The summed E-state index contributed by atoms with van der Waals surface area (Å²) in [7, 11) is 1.47. The average molecular weight is 435 g/mol. The predicted octanol–water partition coefficient (Wildman–Crippen LogP) is 3.40. The molecule has 1 aromatic carbocycles. The first-order valence-electron chi connectivity index (χ1n) is 8.81. The lowest BCUT2D eigenvalue weighted by Gasteiger charge is -2.25. The Balaban J connectivity index is 1.77. The minimum Gasteiger partial charge on any atom is -0.489 e. The smallest absolute Gasteiger partial charge is 0.416 e. The van der Waals surface area contributed by atoms with E-state index in [1.54, 1.807) is 4.90 Å². The van der Waals surface area contributed by atoms with Crippen LogP contribution in [0.3, 0.4) is 0 Å². The number of nitrogens with zero attached hydrogens (tertiary/aromatic N) is 3. The molecule has 12 heteroatoms. The summed E-state index contributed by atoms with van der Waals surface area (Å²) in [6, 6.07) is 3.54. The van der Waals surface area contributed by atoms with Crippen molar-refractivity contribution in [1.29, 1.82) is 0 Å². The van der Waals surface area contributed by atoms with E-state index >= 15 is 0 Å². The van der Waals surface area contributed by atoms with Gasteiger partial charge in [-0.2, -0.15) is 22.0 Å². The van der Waals surface area contributed by atoms with Crippen molar-refractivity contribution in [2.24, 2.45) is 7.05 Å². The second-order valence-electron chi connectivity index (χ2n) is 6.71. The van der Waals surface area contributed by atoms with Gasteiger partial charge in [-0.3, -0.25) is 0 Å². The highest BCUT2D eigenvalue weighted by atomic mass is 19.4. The van der Waals surface area contributed by atoms with E-state index in [1.165, 1.54) is 23.7 Å². The van der Waals surface area contributed by atoms with Crippen LogP contribution >= 0.6 is 0 Å². The van der Waals surface area contributed by atoms with Gasteiger partial charge in [-0.15, -0.1) is 0 Å². The maximum Gasteiger partial charge on any atom is 0.416 e. The molecule has 0 amide bonds. The van der Waals surface area contributed by atoms with Gasteiger partial charge in [0.15, 0.2) is 0 Å². The largest absolute Gasteiger partial charge is 0.489 e. The van der Waals surface area contributed by atoms with E-state index in [0.717, 1.165) is 18.3 Å². The lowest BCUT2D eigenvalue weighted by molar-refractivity contribution is -0.137. The molecular weight excluding hydrogens is 417 g/mol. The van der Waals surface area contributed by atoms with Crippen LogP contribution in [-0.2, 0) is 18.0 Å². The average Bonchev–Trinajstić information content (AvgIpc) is 3.22. The minimum atomic E-state index is -4.47. The van der Waals surface area contributed by atoms with E-state index in [2.05, 4.69) is 9.72 Å². The number of hydrogen-bond donors (Lipinski definition) is 1. The first-order chi connectivity index (χ1) is 14.1. The van der Waals surface area contributed by atoms with Crippen molar-refractivity contribution in [3.05, 3.63) is 41.7 Å². The summed E-state index contributed by atoms with van der Waals surface area (Å²) in [6.45, 7) is -3.19. The van der Waals surface area contributed by atoms with Gasteiger partial charge in [0.2, 0.25) is 5.95 Å². The number of imidazole rings is 1. The van der Waals surface area contributed by atoms with Crippen LogP contribution in [0, 0.1) is 0 Å². The molecule has 0 bridgehead atoms. The standard InChI is InChI=1S/C18H18F5N3O4/c1-25-14(15(27)28)7-24-17(25)26-8-13(6-11(26)9-29-16(19)20)30-12-4-2-10(3-5-12)18(21,22)23/h2-5,7,11,13,16H,6,8-9H2,1H3,(H,27,28)/t11-,13-/m0/s1. The maximum atomic E-state index is 12.7. The van der Waals surface area contributed by atoms with Gasteiger partial charge >= 0.3 is 18.8 Å². The normalized spacial score (nSPS) is 19.5. The molecule has 0 saturated carbocycles. The maximum absolute atomic E-state index is 12.7. The summed E-state index contributed by atoms with van der Waals surface area (Å²) in [4.78, 5) is 16.9. The van der Waals surface area contributed by atoms with Gasteiger partial charge in [0.25, 0.3) is 0 Å². The van der Waals surface area contributed by atoms with Crippen molar-refractivity contribution in [3.63, 3.8) is 0 Å². The molecule has 1 N–H and O–H groups in total. The Morgan fingerprint density at radius 1 is 1.30 bits per heavy atom. The molecule has 7 nitrogen and oxygen atoms in total. The highest BCUT2D eigenvalue weighted by Crippen LogP contribution is 2.32. The Kier molecular flexibility index (Phi) is 6.15. The highest BCUT2D eigenvalue weighted by Gasteiger charge is 2.37. The van der Waals surface area contributed by atoms with Crippen molar-refractivity contribution < 1.29 is 41.3 Å². The SMILES string of the molecule is Cn1c(C(=O)O)cnc1N1C[C@@H](Oc2ccc(C(F)(F)F)cc2)C[C@H]1COC(F)F. The molecule has 1 aliphatic rings. The van der Waals surface area contributed by atoms with Gasteiger partial charge in [0.1, 0.15) is 17.5 Å². The molecule has 2 atom stereocenters. The first kappa shape index (κ1) is 21.8. The number of benzene rings is 1. The van der Waals surface area contributed by atoms with Gasteiger partial charge in [0.05, 0.1) is 31.0 Å². The minimum absolute atomic E-state index is 0.0920. The predicted molar refractivity (Wildman–Crippen MR) is 93.7 cm³/mol. The number of rotatable bonds is 7. The van der Waals surface area contributed by atoms with E-state index in [-0.39, 0.29) is 37.0 Å².